The van der Waals surface area contributed by atoms with E-state index in [1.165, 1.54) is 7.11 Å². The van der Waals surface area contributed by atoms with Crippen molar-refractivity contribution < 1.29 is 9.53 Å². The van der Waals surface area contributed by atoms with Gasteiger partial charge in [-0.15, -0.1) is 0 Å². The summed E-state index contributed by atoms with van der Waals surface area (Å²) in [5, 5.41) is 0. The van der Waals surface area contributed by atoms with Gasteiger partial charge < -0.3 is 4.74 Å². The van der Waals surface area contributed by atoms with Gasteiger partial charge in [-0.3, -0.25) is 0 Å². The van der Waals surface area contributed by atoms with Gasteiger partial charge in [0.1, 0.15) is 0 Å². The van der Waals surface area contributed by atoms with Gasteiger partial charge in [0, 0.05) is 5.56 Å². The molecular weight excluding hydrogens is 196 g/mol. The van der Waals surface area contributed by atoms with Crippen LogP contribution in [0.4, 0.5) is 0 Å². The molecular formula is C11H10O2S. The van der Waals surface area contributed by atoms with Crippen molar-refractivity contribution in [2.45, 2.75) is 0 Å². The lowest BCUT2D eigenvalue weighted by atomic mass is 10.1. The molecule has 0 amide bonds. The van der Waals surface area contributed by atoms with Gasteiger partial charge in [0.05, 0.1) is 18.4 Å². The summed E-state index contributed by atoms with van der Waals surface area (Å²) < 4.78 is 4.63. The lowest BCUT2D eigenvalue weighted by Gasteiger charge is -2.00. The van der Waals surface area contributed by atoms with Gasteiger partial charge in [-0.25, -0.2) is 4.79 Å². The Morgan fingerprint density at radius 3 is 2.86 bits per heavy atom. The molecule has 2 nitrogen and oxygen atoms in total. The van der Waals surface area contributed by atoms with Crippen molar-refractivity contribution in [3.8, 4) is 11.8 Å². The van der Waals surface area contributed by atoms with Crippen molar-refractivity contribution in [2.24, 2.45) is 0 Å². The molecule has 72 valence electrons. The third-order valence-corrected chi connectivity index (χ3v) is 1.79. The van der Waals surface area contributed by atoms with Gasteiger partial charge >= 0.3 is 5.97 Å². The SMILES string of the molecule is COC(=O)c1ccccc1C#CCS. The van der Waals surface area contributed by atoms with Crippen LogP contribution in [-0.4, -0.2) is 18.8 Å². The molecule has 0 saturated heterocycles. The Morgan fingerprint density at radius 1 is 1.50 bits per heavy atom. The number of benzene rings is 1. The largest absolute Gasteiger partial charge is 0.465 e. The molecule has 0 bridgehead atoms. The smallest absolute Gasteiger partial charge is 0.339 e. The molecule has 3 heteroatoms. The van der Waals surface area contributed by atoms with Crippen LogP contribution in [-0.2, 0) is 4.74 Å². The molecule has 0 N–H and O–H groups in total. The quantitative estimate of drug-likeness (QED) is 0.430. The first-order valence-electron chi connectivity index (χ1n) is 4.06. The maximum Gasteiger partial charge on any atom is 0.339 e. The lowest BCUT2D eigenvalue weighted by Crippen LogP contribution is -2.03. The standard InChI is InChI=1S/C11H10O2S/c1-13-11(12)10-7-3-2-5-9(10)6-4-8-14/h2-3,5,7,14H,8H2,1H3. The van der Waals surface area contributed by atoms with Crippen LogP contribution >= 0.6 is 12.6 Å². The van der Waals surface area contributed by atoms with Crippen LogP contribution in [0.5, 0.6) is 0 Å². The summed E-state index contributed by atoms with van der Waals surface area (Å²) in [5.74, 6) is 5.74. The van der Waals surface area contributed by atoms with Gasteiger partial charge in [0.2, 0.25) is 0 Å². The van der Waals surface area contributed by atoms with E-state index >= 15 is 0 Å². The second-order valence-corrected chi connectivity index (χ2v) is 2.81. The zero-order chi connectivity index (χ0) is 10.4. The van der Waals surface area contributed by atoms with E-state index in [4.69, 9.17) is 0 Å². The van der Waals surface area contributed by atoms with Gasteiger partial charge in [-0.2, -0.15) is 12.6 Å². The van der Waals surface area contributed by atoms with E-state index in [9.17, 15) is 4.79 Å². The molecule has 0 heterocycles. The van der Waals surface area contributed by atoms with Crippen molar-refractivity contribution in [3.05, 3.63) is 35.4 Å². The van der Waals surface area contributed by atoms with Crippen molar-refractivity contribution >= 4 is 18.6 Å². The van der Waals surface area contributed by atoms with E-state index in [0.717, 1.165) is 0 Å². The van der Waals surface area contributed by atoms with Crippen LogP contribution in [0.2, 0.25) is 0 Å². The Kier molecular flexibility index (Phi) is 4.09. The monoisotopic (exact) mass is 206 g/mol. The van der Waals surface area contributed by atoms with E-state index in [-0.39, 0.29) is 5.97 Å². The summed E-state index contributed by atoms with van der Waals surface area (Å²) in [6.45, 7) is 0. The van der Waals surface area contributed by atoms with Crippen LogP contribution in [0.3, 0.4) is 0 Å². The fraction of sp³-hybridized carbons (Fsp3) is 0.182. The summed E-state index contributed by atoms with van der Waals surface area (Å²) in [5.41, 5.74) is 1.16. The summed E-state index contributed by atoms with van der Waals surface area (Å²) in [7, 11) is 1.35. The van der Waals surface area contributed by atoms with Crippen molar-refractivity contribution in [2.75, 3.05) is 12.9 Å². The highest BCUT2D eigenvalue weighted by Crippen LogP contribution is 2.08. The van der Waals surface area contributed by atoms with Crippen LogP contribution in [0.15, 0.2) is 24.3 Å². The molecule has 0 saturated carbocycles. The Morgan fingerprint density at radius 2 is 2.21 bits per heavy atom. The predicted molar refractivity (Wildman–Crippen MR) is 58.5 cm³/mol. The van der Waals surface area contributed by atoms with E-state index in [2.05, 4.69) is 29.2 Å². The Hall–Kier alpha value is -1.40. The third-order valence-electron chi connectivity index (χ3n) is 1.63. The van der Waals surface area contributed by atoms with Crippen molar-refractivity contribution in [1.82, 2.24) is 0 Å². The average Bonchev–Trinajstić information content (AvgIpc) is 2.25. The van der Waals surface area contributed by atoms with Gasteiger partial charge in [-0.1, -0.05) is 24.0 Å². The first kappa shape index (κ1) is 10.7. The Balaban J connectivity index is 3.09. The summed E-state index contributed by atoms with van der Waals surface area (Å²) >= 11 is 3.97. The normalized spacial score (nSPS) is 8.71. The Bertz CT molecular complexity index is 388. The molecule has 0 aromatic heterocycles. The van der Waals surface area contributed by atoms with E-state index in [1.54, 1.807) is 18.2 Å². The number of hydrogen-bond acceptors (Lipinski definition) is 3. The molecule has 1 aromatic rings. The summed E-state index contributed by atoms with van der Waals surface area (Å²) in [6, 6.07) is 7.07. The first-order chi connectivity index (χ1) is 6.79. The molecule has 0 fully saturated rings. The molecule has 1 aromatic carbocycles. The number of methoxy groups -OCH3 is 1. The number of ether oxygens (including phenoxy) is 1. The molecule has 0 aliphatic heterocycles. The second-order valence-electron chi connectivity index (χ2n) is 2.50. The van der Waals surface area contributed by atoms with E-state index in [0.29, 0.717) is 16.9 Å². The molecule has 14 heavy (non-hydrogen) atoms. The van der Waals surface area contributed by atoms with Crippen molar-refractivity contribution in [1.29, 1.82) is 0 Å². The van der Waals surface area contributed by atoms with Gasteiger partial charge in [-0.05, 0) is 12.1 Å². The summed E-state index contributed by atoms with van der Waals surface area (Å²) in [4.78, 5) is 11.3. The minimum absolute atomic E-state index is 0.367. The highest BCUT2D eigenvalue weighted by Gasteiger charge is 2.08. The highest BCUT2D eigenvalue weighted by molar-refractivity contribution is 7.80. The minimum atomic E-state index is -0.367. The zero-order valence-corrected chi connectivity index (χ0v) is 8.67. The number of esters is 1. The molecule has 0 aliphatic rings. The zero-order valence-electron chi connectivity index (χ0n) is 7.78. The van der Waals surface area contributed by atoms with Gasteiger partial charge in [0.25, 0.3) is 0 Å². The number of hydrogen-bond donors (Lipinski definition) is 1. The van der Waals surface area contributed by atoms with E-state index in [1.807, 2.05) is 6.07 Å². The topological polar surface area (TPSA) is 26.3 Å². The van der Waals surface area contributed by atoms with Crippen LogP contribution in [0.25, 0.3) is 0 Å². The van der Waals surface area contributed by atoms with E-state index < -0.39 is 0 Å². The maximum absolute atomic E-state index is 11.3. The second kappa shape index (κ2) is 5.36. The molecule has 1 rings (SSSR count). The van der Waals surface area contributed by atoms with Gasteiger partial charge in [0.15, 0.2) is 0 Å². The highest BCUT2D eigenvalue weighted by atomic mass is 32.1. The average molecular weight is 206 g/mol. The fourth-order valence-electron chi connectivity index (χ4n) is 1.01. The number of thiol groups is 1. The number of carbonyl (C=O) groups is 1. The third kappa shape index (κ3) is 2.54. The van der Waals surface area contributed by atoms with Crippen molar-refractivity contribution in [3.63, 3.8) is 0 Å². The molecule has 0 aliphatic carbocycles. The predicted octanol–water partition coefficient (Wildman–Crippen LogP) is 1.75. The number of carbonyl (C=O) groups excluding carboxylic acids is 1. The molecule has 0 unspecified atom stereocenters. The minimum Gasteiger partial charge on any atom is -0.465 e. The lowest BCUT2D eigenvalue weighted by molar-refractivity contribution is 0.0600. The first-order valence-corrected chi connectivity index (χ1v) is 4.70. The number of rotatable bonds is 1. The summed E-state index contributed by atoms with van der Waals surface area (Å²) in [6.07, 6.45) is 0. The molecule has 0 spiro atoms. The van der Waals surface area contributed by atoms with Crippen LogP contribution in [0.1, 0.15) is 15.9 Å². The Labute approximate surface area is 88.7 Å². The molecule has 0 atom stereocenters. The van der Waals surface area contributed by atoms with Crippen LogP contribution < -0.4 is 0 Å². The van der Waals surface area contributed by atoms with Crippen LogP contribution in [0, 0.1) is 11.8 Å². The maximum atomic E-state index is 11.3. The fourth-order valence-corrected chi connectivity index (χ4v) is 1.09. The molecule has 0 radical (unpaired) electrons.